The van der Waals surface area contributed by atoms with Gasteiger partial charge in [0.2, 0.25) is 0 Å². The van der Waals surface area contributed by atoms with Crippen molar-refractivity contribution in [1.82, 2.24) is 5.32 Å². The topological polar surface area (TPSA) is 49.3 Å². The molecule has 0 saturated heterocycles. The maximum absolute atomic E-state index is 11.3. The highest BCUT2D eigenvalue weighted by Gasteiger charge is 2.33. The quantitative estimate of drug-likeness (QED) is 0.700. The fraction of sp³-hybridized carbons (Fsp3) is 0.700. The summed E-state index contributed by atoms with van der Waals surface area (Å²) in [5.41, 5.74) is 0.547. The Morgan fingerprint density at radius 3 is 2.54 bits per heavy atom. The lowest BCUT2D eigenvalue weighted by atomic mass is 9.98. The van der Waals surface area contributed by atoms with Gasteiger partial charge in [0, 0.05) is 0 Å². The number of aliphatic hydroxyl groups is 1. The monoisotopic (exact) mass is 183 g/mol. The van der Waals surface area contributed by atoms with Gasteiger partial charge in [-0.1, -0.05) is 27.2 Å². The van der Waals surface area contributed by atoms with Crippen LogP contribution in [0.2, 0.25) is 0 Å². The van der Waals surface area contributed by atoms with Crippen LogP contribution in [-0.4, -0.2) is 17.1 Å². The van der Waals surface area contributed by atoms with Crippen molar-refractivity contribution < 1.29 is 9.90 Å². The van der Waals surface area contributed by atoms with Gasteiger partial charge in [-0.05, 0) is 12.3 Å². The van der Waals surface area contributed by atoms with Crippen LogP contribution in [0.4, 0.5) is 0 Å². The van der Waals surface area contributed by atoms with Crippen molar-refractivity contribution in [3.8, 4) is 0 Å². The summed E-state index contributed by atoms with van der Waals surface area (Å²) < 4.78 is 0. The van der Waals surface area contributed by atoms with E-state index in [2.05, 4.69) is 5.32 Å². The molecule has 2 unspecified atom stereocenters. The van der Waals surface area contributed by atoms with E-state index in [4.69, 9.17) is 0 Å². The number of carbonyl (C=O) groups is 1. The molecule has 0 bridgehead atoms. The molecule has 1 amide bonds. The third-order valence-corrected chi connectivity index (χ3v) is 2.73. The second kappa shape index (κ2) is 3.81. The number of rotatable bonds is 3. The Bertz CT molecular complexity index is 245. The number of nitrogens with one attached hydrogen (secondary N) is 1. The average molecular weight is 183 g/mol. The molecule has 0 spiro atoms. The van der Waals surface area contributed by atoms with E-state index >= 15 is 0 Å². The zero-order valence-corrected chi connectivity index (χ0v) is 8.42. The largest absolute Gasteiger partial charge is 0.510 e. The predicted octanol–water partition coefficient (Wildman–Crippen LogP) is 1.75. The van der Waals surface area contributed by atoms with Crippen LogP contribution >= 0.6 is 0 Å². The Morgan fingerprint density at radius 1 is 1.54 bits per heavy atom. The Hall–Kier alpha value is -0.990. The molecule has 3 heteroatoms. The fourth-order valence-electron chi connectivity index (χ4n) is 1.59. The van der Waals surface area contributed by atoms with Crippen LogP contribution in [0.3, 0.4) is 0 Å². The zero-order valence-electron chi connectivity index (χ0n) is 8.42. The van der Waals surface area contributed by atoms with E-state index in [0.717, 1.165) is 6.42 Å². The highest BCUT2D eigenvalue weighted by atomic mass is 16.3. The maximum atomic E-state index is 11.3. The van der Waals surface area contributed by atoms with E-state index in [1.165, 1.54) is 0 Å². The van der Waals surface area contributed by atoms with Crippen molar-refractivity contribution >= 4 is 5.91 Å². The number of carbonyl (C=O) groups excluding carboxylic acids is 1. The molecule has 0 radical (unpaired) electrons. The highest BCUT2D eigenvalue weighted by molar-refractivity contribution is 5.97. The van der Waals surface area contributed by atoms with Crippen LogP contribution in [0.1, 0.15) is 33.6 Å². The van der Waals surface area contributed by atoms with Crippen molar-refractivity contribution in [2.45, 2.75) is 39.7 Å². The first-order chi connectivity index (χ1) is 6.11. The van der Waals surface area contributed by atoms with Gasteiger partial charge in [-0.3, -0.25) is 4.79 Å². The second-order valence-electron chi connectivity index (χ2n) is 3.55. The van der Waals surface area contributed by atoms with E-state index in [0.29, 0.717) is 17.9 Å². The van der Waals surface area contributed by atoms with Gasteiger partial charge in [-0.25, -0.2) is 0 Å². The summed E-state index contributed by atoms with van der Waals surface area (Å²) in [6.45, 7) is 5.96. The Labute approximate surface area is 78.8 Å². The minimum Gasteiger partial charge on any atom is -0.510 e. The first kappa shape index (κ1) is 10.1. The molecule has 74 valence electrons. The summed E-state index contributed by atoms with van der Waals surface area (Å²) in [4.78, 5) is 11.3. The van der Waals surface area contributed by atoms with Crippen LogP contribution in [0.5, 0.6) is 0 Å². The molecule has 1 rings (SSSR count). The molecule has 3 nitrogen and oxygen atoms in total. The molecule has 1 aliphatic heterocycles. The third-order valence-electron chi connectivity index (χ3n) is 2.73. The number of hydrogen-bond acceptors (Lipinski definition) is 2. The molecule has 2 N–H and O–H groups in total. The Balaban J connectivity index is 2.84. The van der Waals surface area contributed by atoms with Crippen molar-refractivity contribution in [2.24, 2.45) is 5.92 Å². The van der Waals surface area contributed by atoms with Gasteiger partial charge in [0.25, 0.3) is 5.91 Å². The molecule has 0 aromatic rings. The average Bonchev–Trinajstić information content (AvgIpc) is 2.40. The lowest BCUT2D eigenvalue weighted by Gasteiger charge is -2.17. The molecular formula is C10H17NO2. The molecule has 2 atom stereocenters. The molecule has 1 heterocycles. The molecule has 1 aliphatic rings. The van der Waals surface area contributed by atoms with E-state index in [9.17, 15) is 9.90 Å². The van der Waals surface area contributed by atoms with Gasteiger partial charge in [0.1, 0.15) is 5.76 Å². The lowest BCUT2D eigenvalue weighted by molar-refractivity contribution is -0.117. The van der Waals surface area contributed by atoms with Gasteiger partial charge in [0.15, 0.2) is 0 Å². The predicted molar refractivity (Wildman–Crippen MR) is 51.3 cm³/mol. The summed E-state index contributed by atoms with van der Waals surface area (Å²) in [6, 6.07) is -0.160. The molecule has 0 saturated carbocycles. The highest BCUT2D eigenvalue weighted by Crippen LogP contribution is 2.24. The van der Waals surface area contributed by atoms with Gasteiger partial charge >= 0.3 is 0 Å². The second-order valence-corrected chi connectivity index (χ2v) is 3.55. The molecule has 0 aromatic heterocycles. The Kier molecular flexibility index (Phi) is 2.96. The lowest BCUT2D eigenvalue weighted by Crippen LogP contribution is -2.34. The summed E-state index contributed by atoms with van der Waals surface area (Å²) >= 11 is 0. The maximum Gasteiger partial charge on any atom is 0.251 e. The molecule has 0 aliphatic carbocycles. The molecular weight excluding hydrogens is 166 g/mol. The van der Waals surface area contributed by atoms with Crippen LogP contribution < -0.4 is 5.32 Å². The standard InChI is InChI=1S/C10H17NO2/c1-4-6(3)8-9(12)7(5-2)10(13)11-8/h6,8,12H,4-5H2,1-3H3,(H,11,13). The molecule has 0 aromatic carbocycles. The number of hydrogen-bond donors (Lipinski definition) is 2. The number of aliphatic hydroxyl groups excluding tert-OH is 1. The Morgan fingerprint density at radius 2 is 2.15 bits per heavy atom. The van der Waals surface area contributed by atoms with Gasteiger partial charge < -0.3 is 10.4 Å². The summed E-state index contributed by atoms with van der Waals surface area (Å²) in [5, 5.41) is 12.5. The van der Waals surface area contributed by atoms with E-state index in [1.807, 2.05) is 20.8 Å². The van der Waals surface area contributed by atoms with Crippen LogP contribution in [-0.2, 0) is 4.79 Å². The fourth-order valence-corrected chi connectivity index (χ4v) is 1.59. The van der Waals surface area contributed by atoms with Crippen molar-refractivity contribution in [3.63, 3.8) is 0 Å². The van der Waals surface area contributed by atoms with Gasteiger partial charge in [-0.15, -0.1) is 0 Å². The first-order valence-electron chi connectivity index (χ1n) is 4.84. The van der Waals surface area contributed by atoms with E-state index in [1.54, 1.807) is 0 Å². The summed E-state index contributed by atoms with van der Waals surface area (Å²) in [5.74, 6) is 0.445. The SMILES string of the molecule is CCC1=C(O)C(C(C)CC)NC1=O. The minimum absolute atomic E-state index is 0.106. The smallest absolute Gasteiger partial charge is 0.251 e. The van der Waals surface area contributed by atoms with Crippen molar-refractivity contribution in [3.05, 3.63) is 11.3 Å². The first-order valence-corrected chi connectivity index (χ1v) is 4.84. The van der Waals surface area contributed by atoms with E-state index in [-0.39, 0.29) is 17.7 Å². The van der Waals surface area contributed by atoms with Crippen LogP contribution in [0.15, 0.2) is 11.3 Å². The molecule has 13 heavy (non-hydrogen) atoms. The summed E-state index contributed by atoms with van der Waals surface area (Å²) in [7, 11) is 0. The van der Waals surface area contributed by atoms with Gasteiger partial charge in [0.05, 0.1) is 11.6 Å². The third kappa shape index (κ3) is 1.69. The van der Waals surface area contributed by atoms with Crippen molar-refractivity contribution in [2.75, 3.05) is 0 Å². The van der Waals surface area contributed by atoms with Crippen LogP contribution in [0, 0.1) is 5.92 Å². The number of amides is 1. The van der Waals surface area contributed by atoms with Crippen LogP contribution in [0.25, 0.3) is 0 Å². The van der Waals surface area contributed by atoms with Crippen molar-refractivity contribution in [1.29, 1.82) is 0 Å². The normalized spacial score (nSPS) is 24.8. The minimum atomic E-state index is -0.160. The van der Waals surface area contributed by atoms with E-state index < -0.39 is 0 Å². The zero-order chi connectivity index (χ0) is 10.0. The molecule has 0 fully saturated rings. The van der Waals surface area contributed by atoms with Gasteiger partial charge in [-0.2, -0.15) is 0 Å². The summed E-state index contributed by atoms with van der Waals surface area (Å²) in [6.07, 6.45) is 1.55.